The summed E-state index contributed by atoms with van der Waals surface area (Å²) in [6.45, 7) is 4.92. The van der Waals surface area contributed by atoms with Crippen molar-refractivity contribution < 1.29 is 4.79 Å². The Bertz CT molecular complexity index is 935. The van der Waals surface area contributed by atoms with E-state index in [-0.39, 0.29) is 5.91 Å². The van der Waals surface area contributed by atoms with Crippen molar-refractivity contribution in [1.29, 1.82) is 0 Å². The molecule has 8 heteroatoms. The molecule has 0 radical (unpaired) electrons. The fourth-order valence-electron chi connectivity index (χ4n) is 3.35. The largest absolute Gasteiger partial charge is 0.352 e. The highest BCUT2D eigenvalue weighted by atomic mass is 32.2. The molecule has 1 saturated heterocycles. The van der Waals surface area contributed by atoms with E-state index in [0.717, 1.165) is 49.4 Å². The number of thioether (sulfide) groups is 1. The maximum absolute atomic E-state index is 12.5. The number of nitrogens with zero attached hydrogens (tertiary/aromatic N) is 6. The zero-order valence-electron chi connectivity index (χ0n) is 16.4. The summed E-state index contributed by atoms with van der Waals surface area (Å²) < 4.78 is 1.90. The first-order chi connectivity index (χ1) is 14.2. The van der Waals surface area contributed by atoms with E-state index in [1.54, 1.807) is 18.0 Å². The number of aryl methyl sites for hydroxylation is 1. The van der Waals surface area contributed by atoms with E-state index < -0.39 is 0 Å². The van der Waals surface area contributed by atoms with Gasteiger partial charge in [0.25, 0.3) is 0 Å². The number of amides is 1. The van der Waals surface area contributed by atoms with Crippen LogP contribution in [0.25, 0.3) is 5.82 Å². The molecule has 1 aromatic carbocycles. The van der Waals surface area contributed by atoms with Crippen LogP contribution in [0.5, 0.6) is 0 Å². The zero-order chi connectivity index (χ0) is 20.1. The van der Waals surface area contributed by atoms with Crippen LogP contribution in [-0.4, -0.2) is 62.5 Å². The average molecular weight is 409 g/mol. The maximum Gasteiger partial charge on any atom is 0.223 e. The second-order valence-corrected chi connectivity index (χ2v) is 8.04. The Morgan fingerprint density at radius 2 is 1.72 bits per heavy atom. The SMILES string of the molecule is Cc1nccn1-c1ccc(N2CCN(C(=O)CCSc3ccccc3)CC2)nn1. The van der Waals surface area contributed by atoms with Crippen LogP contribution in [0.15, 0.2) is 59.8 Å². The summed E-state index contributed by atoms with van der Waals surface area (Å²) in [7, 11) is 0. The van der Waals surface area contributed by atoms with Crippen molar-refractivity contribution in [3.63, 3.8) is 0 Å². The Balaban J connectivity index is 1.25. The second kappa shape index (κ2) is 9.09. The molecule has 2 aromatic heterocycles. The van der Waals surface area contributed by atoms with E-state index in [0.29, 0.717) is 6.42 Å². The molecule has 7 nitrogen and oxygen atoms in total. The molecular formula is C21H24N6OS. The van der Waals surface area contributed by atoms with E-state index in [2.05, 4.69) is 32.2 Å². The molecule has 29 heavy (non-hydrogen) atoms. The Labute approximate surface area is 174 Å². The number of imidazole rings is 1. The molecule has 1 amide bonds. The molecule has 0 N–H and O–H groups in total. The lowest BCUT2D eigenvalue weighted by molar-refractivity contribution is -0.131. The average Bonchev–Trinajstić information content (AvgIpc) is 3.20. The molecule has 0 saturated carbocycles. The van der Waals surface area contributed by atoms with Crippen LogP contribution in [-0.2, 0) is 4.79 Å². The van der Waals surface area contributed by atoms with Gasteiger partial charge in [0.05, 0.1) is 0 Å². The third-order valence-electron chi connectivity index (χ3n) is 4.99. The third kappa shape index (κ3) is 4.76. The molecule has 0 aliphatic carbocycles. The normalized spacial score (nSPS) is 14.2. The van der Waals surface area contributed by atoms with Crippen LogP contribution in [0.3, 0.4) is 0 Å². The minimum absolute atomic E-state index is 0.227. The Morgan fingerprint density at radius 3 is 2.38 bits per heavy atom. The number of hydrogen-bond acceptors (Lipinski definition) is 6. The number of hydrogen-bond donors (Lipinski definition) is 0. The first-order valence-corrected chi connectivity index (χ1v) is 10.7. The summed E-state index contributed by atoms with van der Waals surface area (Å²) in [5, 5.41) is 8.70. The first-order valence-electron chi connectivity index (χ1n) is 9.75. The van der Waals surface area contributed by atoms with E-state index in [4.69, 9.17) is 0 Å². The van der Waals surface area contributed by atoms with Crippen molar-refractivity contribution in [3.05, 3.63) is 60.7 Å². The molecule has 0 spiro atoms. The van der Waals surface area contributed by atoms with Crippen LogP contribution < -0.4 is 4.90 Å². The third-order valence-corrected chi connectivity index (χ3v) is 6.01. The summed E-state index contributed by atoms with van der Waals surface area (Å²) in [6.07, 6.45) is 4.19. The lowest BCUT2D eigenvalue weighted by Gasteiger charge is -2.35. The first kappa shape index (κ1) is 19.4. The van der Waals surface area contributed by atoms with Gasteiger partial charge in [-0.2, -0.15) is 0 Å². The molecule has 3 aromatic rings. The molecule has 150 valence electrons. The summed E-state index contributed by atoms with van der Waals surface area (Å²) in [5.74, 6) is 3.52. The standard InChI is InChI=1S/C21H24N6OS/c1-17-22-10-11-27(17)20-8-7-19(23-24-20)25-12-14-26(15-13-25)21(28)9-16-29-18-5-3-2-4-6-18/h2-8,10-11H,9,12-16H2,1H3. The lowest BCUT2D eigenvalue weighted by Crippen LogP contribution is -2.49. The van der Waals surface area contributed by atoms with Crippen LogP contribution in [0.4, 0.5) is 5.82 Å². The van der Waals surface area contributed by atoms with Gasteiger partial charge >= 0.3 is 0 Å². The lowest BCUT2D eigenvalue weighted by atomic mass is 10.3. The quantitative estimate of drug-likeness (QED) is 0.585. The van der Waals surface area contributed by atoms with Crippen molar-refractivity contribution in [2.75, 3.05) is 36.8 Å². The van der Waals surface area contributed by atoms with Gasteiger partial charge in [-0.05, 0) is 31.2 Å². The molecule has 0 bridgehead atoms. The fourth-order valence-corrected chi connectivity index (χ4v) is 4.21. The zero-order valence-corrected chi connectivity index (χ0v) is 17.3. The summed E-state index contributed by atoms with van der Waals surface area (Å²) in [6, 6.07) is 14.1. The summed E-state index contributed by atoms with van der Waals surface area (Å²) in [4.78, 5) is 22.1. The molecule has 0 atom stereocenters. The van der Waals surface area contributed by atoms with Crippen molar-refractivity contribution >= 4 is 23.5 Å². The van der Waals surface area contributed by atoms with Crippen molar-refractivity contribution in [2.45, 2.75) is 18.2 Å². The Kier molecular flexibility index (Phi) is 6.09. The minimum atomic E-state index is 0.227. The summed E-state index contributed by atoms with van der Waals surface area (Å²) >= 11 is 1.73. The van der Waals surface area contributed by atoms with Gasteiger partial charge in [0.1, 0.15) is 5.82 Å². The molecular weight excluding hydrogens is 384 g/mol. The van der Waals surface area contributed by atoms with Crippen LogP contribution in [0, 0.1) is 6.92 Å². The maximum atomic E-state index is 12.5. The van der Waals surface area contributed by atoms with Gasteiger partial charge in [-0.1, -0.05) is 18.2 Å². The second-order valence-electron chi connectivity index (χ2n) is 6.87. The van der Waals surface area contributed by atoms with Gasteiger partial charge in [-0.3, -0.25) is 9.36 Å². The molecule has 1 fully saturated rings. The Morgan fingerprint density at radius 1 is 1.00 bits per heavy atom. The number of piperazine rings is 1. The highest BCUT2D eigenvalue weighted by Crippen LogP contribution is 2.19. The number of aromatic nitrogens is 4. The van der Waals surface area contributed by atoms with Gasteiger partial charge in [0.15, 0.2) is 11.6 Å². The molecule has 4 rings (SSSR count). The number of benzene rings is 1. The summed E-state index contributed by atoms with van der Waals surface area (Å²) in [5.41, 5.74) is 0. The Hall–Kier alpha value is -2.87. The van der Waals surface area contributed by atoms with Crippen molar-refractivity contribution in [1.82, 2.24) is 24.6 Å². The van der Waals surface area contributed by atoms with Gasteiger partial charge in [-0.25, -0.2) is 4.98 Å². The van der Waals surface area contributed by atoms with E-state index >= 15 is 0 Å². The predicted octanol–water partition coefficient (Wildman–Crippen LogP) is 2.80. The predicted molar refractivity (Wildman–Crippen MR) is 114 cm³/mol. The highest BCUT2D eigenvalue weighted by Gasteiger charge is 2.22. The van der Waals surface area contributed by atoms with Crippen LogP contribution in [0.1, 0.15) is 12.2 Å². The molecule has 1 aliphatic rings. The number of anilines is 1. The van der Waals surface area contributed by atoms with E-state index in [1.807, 2.05) is 52.9 Å². The van der Waals surface area contributed by atoms with E-state index in [1.165, 1.54) is 4.90 Å². The number of rotatable bonds is 6. The monoisotopic (exact) mass is 408 g/mol. The van der Waals surface area contributed by atoms with Crippen molar-refractivity contribution in [3.8, 4) is 5.82 Å². The smallest absolute Gasteiger partial charge is 0.223 e. The van der Waals surface area contributed by atoms with Crippen molar-refractivity contribution in [2.24, 2.45) is 0 Å². The van der Waals surface area contributed by atoms with Gasteiger partial charge in [-0.15, -0.1) is 22.0 Å². The minimum Gasteiger partial charge on any atom is -0.352 e. The highest BCUT2D eigenvalue weighted by molar-refractivity contribution is 7.99. The van der Waals surface area contributed by atoms with Crippen LogP contribution >= 0.6 is 11.8 Å². The molecule has 3 heterocycles. The topological polar surface area (TPSA) is 67.2 Å². The van der Waals surface area contributed by atoms with Crippen LogP contribution in [0.2, 0.25) is 0 Å². The fraction of sp³-hybridized carbons (Fsp3) is 0.333. The van der Waals surface area contributed by atoms with Gasteiger partial charge in [0.2, 0.25) is 5.91 Å². The van der Waals surface area contributed by atoms with Gasteiger partial charge < -0.3 is 9.80 Å². The molecule has 1 aliphatic heterocycles. The molecule has 0 unspecified atom stereocenters. The number of carbonyl (C=O) groups is 1. The number of carbonyl (C=O) groups excluding carboxylic acids is 1. The van der Waals surface area contributed by atoms with E-state index in [9.17, 15) is 4.79 Å². The van der Waals surface area contributed by atoms with Gasteiger partial charge in [0, 0.05) is 55.6 Å².